The Hall–Kier alpha value is -3.20. The number of carbonyl (C=O) groups excluding carboxylic acids is 1. The van der Waals surface area contributed by atoms with Gasteiger partial charge in [0.15, 0.2) is 11.6 Å². The largest absolute Gasteiger partial charge is 0.338 e. The van der Waals surface area contributed by atoms with Crippen LogP contribution in [0.4, 0.5) is 10.6 Å². The number of amides is 2. The molecule has 3 aromatic rings. The maximum atomic E-state index is 11.7. The summed E-state index contributed by atoms with van der Waals surface area (Å²) in [4.78, 5) is 18.9. The molecule has 3 aromatic heterocycles. The van der Waals surface area contributed by atoms with E-state index in [1.54, 1.807) is 10.9 Å². The van der Waals surface area contributed by atoms with Crippen molar-refractivity contribution in [2.75, 3.05) is 25.0 Å². The van der Waals surface area contributed by atoms with Crippen LogP contribution in [0.2, 0.25) is 0 Å². The van der Waals surface area contributed by atoms with Crippen LogP contribution in [0.1, 0.15) is 42.6 Å². The smallest absolute Gasteiger partial charge is 0.320 e. The number of nitrogens with zero attached hydrogens (tertiary/aromatic N) is 6. The molecule has 2 amide bonds. The Morgan fingerprint density at radius 1 is 1.26 bits per heavy atom. The standard InChI is InChI=1S/C22H30N8O/c1-4-23-22(31)26-20-14-18(28(3)27-20)15-29-12-8-17(9-13-29)19-6-7-21(25-16(19)2)30-11-5-10-24-30/h5-7,10-11,14,17H,4,8-9,12-13,15H2,1-3H3,(H2,23,26,27,31). The molecule has 31 heavy (non-hydrogen) atoms. The second-order valence-electron chi connectivity index (χ2n) is 7.97. The van der Waals surface area contributed by atoms with Crippen molar-refractivity contribution in [1.29, 1.82) is 0 Å². The molecule has 164 valence electrons. The molecule has 0 aromatic carbocycles. The number of likely N-dealkylation sites (tertiary alicyclic amines) is 1. The van der Waals surface area contributed by atoms with Crippen LogP contribution in [0.25, 0.3) is 5.82 Å². The molecular formula is C22H30N8O. The number of carbonyl (C=O) groups is 1. The number of piperidine rings is 1. The monoisotopic (exact) mass is 422 g/mol. The van der Waals surface area contributed by atoms with Crippen molar-refractivity contribution in [3.05, 3.63) is 53.6 Å². The molecule has 0 spiro atoms. The first-order valence-corrected chi connectivity index (χ1v) is 10.8. The van der Waals surface area contributed by atoms with E-state index in [2.05, 4.69) is 44.8 Å². The summed E-state index contributed by atoms with van der Waals surface area (Å²) < 4.78 is 3.64. The van der Waals surface area contributed by atoms with Crippen LogP contribution < -0.4 is 10.6 Å². The molecule has 9 nitrogen and oxygen atoms in total. The summed E-state index contributed by atoms with van der Waals surface area (Å²) in [5.41, 5.74) is 3.51. The van der Waals surface area contributed by atoms with Gasteiger partial charge in [-0.1, -0.05) is 6.07 Å². The molecule has 1 saturated heterocycles. The number of rotatable bonds is 6. The van der Waals surface area contributed by atoms with Crippen LogP contribution in [-0.4, -0.2) is 55.1 Å². The van der Waals surface area contributed by atoms with Gasteiger partial charge in [-0.2, -0.15) is 10.2 Å². The summed E-state index contributed by atoms with van der Waals surface area (Å²) >= 11 is 0. The van der Waals surface area contributed by atoms with Crippen LogP contribution in [0.5, 0.6) is 0 Å². The van der Waals surface area contributed by atoms with E-state index in [0.717, 1.165) is 49.7 Å². The maximum absolute atomic E-state index is 11.7. The summed E-state index contributed by atoms with van der Waals surface area (Å²) in [5, 5.41) is 14.2. The Balaban J connectivity index is 1.34. The minimum Gasteiger partial charge on any atom is -0.338 e. The Labute approximate surface area is 182 Å². The van der Waals surface area contributed by atoms with Gasteiger partial charge in [-0.15, -0.1) is 0 Å². The van der Waals surface area contributed by atoms with Gasteiger partial charge in [0.05, 0.1) is 5.69 Å². The average Bonchev–Trinajstić information content (AvgIpc) is 3.39. The van der Waals surface area contributed by atoms with Crippen molar-refractivity contribution in [2.24, 2.45) is 7.05 Å². The van der Waals surface area contributed by atoms with Gasteiger partial charge >= 0.3 is 6.03 Å². The zero-order valence-corrected chi connectivity index (χ0v) is 18.4. The first kappa shape index (κ1) is 21.0. The SMILES string of the molecule is CCNC(=O)Nc1cc(CN2CCC(c3ccc(-n4cccn4)nc3C)CC2)n(C)n1. The molecule has 4 heterocycles. The average molecular weight is 423 g/mol. The van der Waals surface area contributed by atoms with Gasteiger partial charge in [0.25, 0.3) is 0 Å². The first-order valence-electron chi connectivity index (χ1n) is 10.8. The summed E-state index contributed by atoms with van der Waals surface area (Å²) in [5.74, 6) is 1.96. The quantitative estimate of drug-likeness (QED) is 0.637. The van der Waals surface area contributed by atoms with Crippen molar-refractivity contribution < 1.29 is 4.79 Å². The summed E-state index contributed by atoms with van der Waals surface area (Å²) in [6.07, 6.45) is 5.88. The van der Waals surface area contributed by atoms with Crippen LogP contribution in [0.3, 0.4) is 0 Å². The van der Waals surface area contributed by atoms with E-state index in [1.165, 1.54) is 5.56 Å². The molecule has 4 rings (SSSR count). The molecule has 0 radical (unpaired) electrons. The van der Waals surface area contributed by atoms with Gasteiger partial charge in [-0.05, 0) is 63.4 Å². The van der Waals surface area contributed by atoms with Crippen LogP contribution in [0.15, 0.2) is 36.7 Å². The van der Waals surface area contributed by atoms with Gasteiger partial charge in [0, 0.05) is 44.3 Å². The molecule has 0 bridgehead atoms. The Morgan fingerprint density at radius 2 is 2.06 bits per heavy atom. The van der Waals surface area contributed by atoms with Gasteiger partial charge in [0.1, 0.15) is 0 Å². The molecule has 0 atom stereocenters. The third-order valence-corrected chi connectivity index (χ3v) is 5.82. The summed E-state index contributed by atoms with van der Waals surface area (Å²) in [7, 11) is 1.92. The minimum absolute atomic E-state index is 0.226. The lowest BCUT2D eigenvalue weighted by Gasteiger charge is -2.32. The second-order valence-corrected chi connectivity index (χ2v) is 7.97. The van der Waals surface area contributed by atoms with E-state index in [-0.39, 0.29) is 6.03 Å². The van der Waals surface area contributed by atoms with Crippen molar-refractivity contribution in [3.63, 3.8) is 0 Å². The number of urea groups is 1. The number of hydrogen-bond donors (Lipinski definition) is 2. The molecule has 1 aliphatic rings. The predicted molar refractivity (Wildman–Crippen MR) is 119 cm³/mol. The van der Waals surface area contributed by atoms with Crippen LogP contribution >= 0.6 is 0 Å². The molecule has 1 aliphatic heterocycles. The fourth-order valence-electron chi connectivity index (χ4n) is 4.19. The highest BCUT2D eigenvalue weighted by Crippen LogP contribution is 2.30. The highest BCUT2D eigenvalue weighted by Gasteiger charge is 2.23. The first-order chi connectivity index (χ1) is 15.0. The lowest BCUT2D eigenvalue weighted by Crippen LogP contribution is -2.33. The van der Waals surface area contributed by atoms with E-state index >= 15 is 0 Å². The van der Waals surface area contributed by atoms with Gasteiger partial charge in [-0.25, -0.2) is 14.5 Å². The third-order valence-electron chi connectivity index (χ3n) is 5.82. The van der Waals surface area contributed by atoms with Crippen LogP contribution in [0, 0.1) is 6.92 Å². The summed E-state index contributed by atoms with van der Waals surface area (Å²) in [6.45, 7) is 7.43. The second kappa shape index (κ2) is 9.30. The number of nitrogens with one attached hydrogen (secondary N) is 2. The van der Waals surface area contributed by atoms with Crippen LogP contribution in [-0.2, 0) is 13.6 Å². The predicted octanol–water partition coefficient (Wildman–Crippen LogP) is 2.83. The van der Waals surface area contributed by atoms with Crippen molar-refractivity contribution in [1.82, 2.24) is 34.8 Å². The zero-order chi connectivity index (χ0) is 21.8. The Kier molecular flexibility index (Phi) is 6.31. The highest BCUT2D eigenvalue weighted by atomic mass is 16.2. The topological polar surface area (TPSA) is 92.9 Å². The maximum Gasteiger partial charge on any atom is 0.320 e. The zero-order valence-electron chi connectivity index (χ0n) is 18.4. The number of aryl methyl sites for hydroxylation is 2. The molecular weight excluding hydrogens is 392 g/mol. The van der Waals surface area contributed by atoms with Gasteiger partial charge in [0.2, 0.25) is 0 Å². The van der Waals surface area contributed by atoms with E-state index in [1.807, 2.05) is 37.0 Å². The summed E-state index contributed by atoms with van der Waals surface area (Å²) in [6, 6.07) is 7.89. The number of pyridine rings is 1. The van der Waals surface area contributed by atoms with E-state index in [9.17, 15) is 4.79 Å². The number of aromatic nitrogens is 5. The fourth-order valence-corrected chi connectivity index (χ4v) is 4.19. The Bertz CT molecular complexity index is 1020. The third kappa shape index (κ3) is 4.93. The van der Waals surface area contributed by atoms with E-state index < -0.39 is 0 Å². The molecule has 0 saturated carbocycles. The molecule has 9 heteroatoms. The normalized spacial score (nSPS) is 15.2. The lowest BCUT2D eigenvalue weighted by atomic mass is 9.88. The lowest BCUT2D eigenvalue weighted by molar-refractivity contribution is 0.200. The Morgan fingerprint density at radius 3 is 2.74 bits per heavy atom. The highest BCUT2D eigenvalue weighted by molar-refractivity contribution is 5.88. The van der Waals surface area contributed by atoms with Gasteiger partial charge < -0.3 is 5.32 Å². The minimum atomic E-state index is -0.226. The van der Waals surface area contributed by atoms with Crippen molar-refractivity contribution in [3.8, 4) is 5.82 Å². The van der Waals surface area contributed by atoms with E-state index in [0.29, 0.717) is 18.3 Å². The molecule has 0 aliphatic carbocycles. The molecule has 1 fully saturated rings. The molecule has 2 N–H and O–H groups in total. The van der Waals surface area contributed by atoms with Crippen molar-refractivity contribution in [2.45, 2.75) is 39.2 Å². The van der Waals surface area contributed by atoms with Crippen molar-refractivity contribution >= 4 is 11.8 Å². The number of anilines is 1. The van der Waals surface area contributed by atoms with Gasteiger partial charge in [-0.3, -0.25) is 14.9 Å². The molecule has 0 unspecified atom stereocenters. The van der Waals surface area contributed by atoms with E-state index in [4.69, 9.17) is 4.98 Å². The fraction of sp³-hybridized carbons (Fsp3) is 0.455. The number of hydrogen-bond acceptors (Lipinski definition) is 5.